The number of hydrogen-bond acceptors (Lipinski definition) is 4. The first kappa shape index (κ1) is 17.7. The molecule has 1 aromatic carbocycles. The van der Waals surface area contributed by atoms with E-state index < -0.39 is 0 Å². The van der Waals surface area contributed by atoms with Gasteiger partial charge in [0.1, 0.15) is 5.01 Å². The lowest BCUT2D eigenvalue weighted by atomic mass is 9.83. The molecule has 0 spiro atoms. The molecule has 26 heavy (non-hydrogen) atoms. The number of piperidine rings is 2. The number of thiazole rings is 1. The second-order valence-corrected chi connectivity index (χ2v) is 8.35. The summed E-state index contributed by atoms with van der Waals surface area (Å²) < 4.78 is 0. The molecule has 5 heteroatoms. The number of hydrogen-bond donors (Lipinski definition) is 1. The summed E-state index contributed by atoms with van der Waals surface area (Å²) in [6.07, 6.45) is 6.87. The summed E-state index contributed by atoms with van der Waals surface area (Å²) in [5, 5.41) is 6.17. The third kappa shape index (κ3) is 4.15. The maximum Gasteiger partial charge on any atom is 0.226 e. The van der Waals surface area contributed by atoms with E-state index in [2.05, 4.69) is 27.3 Å². The second-order valence-electron chi connectivity index (χ2n) is 7.49. The molecular formula is C21H27N3OS. The molecule has 2 aliphatic heterocycles. The first-order valence-electron chi connectivity index (χ1n) is 9.80. The van der Waals surface area contributed by atoms with Crippen LogP contribution in [0.3, 0.4) is 0 Å². The minimum atomic E-state index is 0.0999. The van der Waals surface area contributed by atoms with E-state index in [0.29, 0.717) is 18.4 Å². The minimum Gasteiger partial charge on any atom is -0.355 e. The average Bonchev–Trinajstić information content (AvgIpc) is 3.15. The molecule has 2 aromatic rings. The van der Waals surface area contributed by atoms with Crippen molar-refractivity contribution in [3.8, 4) is 10.6 Å². The largest absolute Gasteiger partial charge is 0.355 e. The Labute approximate surface area is 159 Å². The van der Waals surface area contributed by atoms with Gasteiger partial charge in [-0.15, -0.1) is 11.3 Å². The summed E-state index contributed by atoms with van der Waals surface area (Å²) in [4.78, 5) is 19.7. The highest BCUT2D eigenvalue weighted by molar-refractivity contribution is 7.13. The molecule has 1 amide bonds. The van der Waals surface area contributed by atoms with Crippen LogP contribution in [0.5, 0.6) is 0 Å². The van der Waals surface area contributed by atoms with Gasteiger partial charge in [-0.3, -0.25) is 4.79 Å². The molecule has 138 valence electrons. The minimum absolute atomic E-state index is 0.0999. The van der Waals surface area contributed by atoms with Crippen molar-refractivity contribution in [3.05, 3.63) is 41.4 Å². The fourth-order valence-corrected chi connectivity index (χ4v) is 5.21. The number of carbonyl (C=O) groups is 1. The summed E-state index contributed by atoms with van der Waals surface area (Å²) in [5.74, 6) is 0.714. The van der Waals surface area contributed by atoms with Crippen molar-refractivity contribution in [2.24, 2.45) is 5.92 Å². The third-order valence-corrected chi connectivity index (χ3v) is 6.64. The first-order valence-corrected chi connectivity index (χ1v) is 10.7. The molecule has 1 N–H and O–H groups in total. The average molecular weight is 370 g/mol. The lowest BCUT2D eigenvalue weighted by molar-refractivity contribution is -0.120. The number of benzene rings is 1. The summed E-state index contributed by atoms with van der Waals surface area (Å²) in [7, 11) is 0. The fourth-order valence-electron chi connectivity index (χ4n) is 4.39. The molecule has 4 rings (SSSR count). The van der Waals surface area contributed by atoms with Gasteiger partial charge in [0, 0.05) is 23.5 Å². The van der Waals surface area contributed by atoms with Gasteiger partial charge < -0.3 is 10.2 Å². The predicted octanol–water partition coefficient (Wildman–Crippen LogP) is 3.73. The number of nitrogens with one attached hydrogen (secondary N) is 1. The van der Waals surface area contributed by atoms with Crippen molar-refractivity contribution in [2.45, 2.75) is 44.6 Å². The fraction of sp³-hybridized carbons (Fsp3) is 0.524. The molecule has 4 nitrogen and oxygen atoms in total. The number of amides is 1. The highest BCUT2D eigenvalue weighted by atomic mass is 32.1. The Hall–Kier alpha value is -1.72. The maximum absolute atomic E-state index is 12.4. The van der Waals surface area contributed by atoms with E-state index in [1.807, 2.05) is 23.6 Å². The lowest BCUT2D eigenvalue weighted by Gasteiger charge is -2.44. The van der Waals surface area contributed by atoms with Crippen molar-refractivity contribution in [1.82, 2.24) is 15.2 Å². The molecule has 2 aliphatic rings. The summed E-state index contributed by atoms with van der Waals surface area (Å²) in [6, 6.07) is 10.8. The van der Waals surface area contributed by atoms with Gasteiger partial charge in [-0.2, -0.15) is 0 Å². The van der Waals surface area contributed by atoms with Crippen molar-refractivity contribution in [3.63, 3.8) is 0 Å². The Bertz CT molecular complexity index is 728. The molecule has 0 aliphatic carbocycles. The number of nitrogens with zero attached hydrogens (tertiary/aromatic N) is 2. The van der Waals surface area contributed by atoms with E-state index in [4.69, 9.17) is 0 Å². The monoisotopic (exact) mass is 369 g/mol. The van der Waals surface area contributed by atoms with E-state index in [9.17, 15) is 4.79 Å². The van der Waals surface area contributed by atoms with Crippen molar-refractivity contribution in [1.29, 1.82) is 0 Å². The highest BCUT2D eigenvalue weighted by Gasteiger charge is 2.32. The molecule has 0 unspecified atom stereocenters. The molecule has 3 heterocycles. The summed E-state index contributed by atoms with van der Waals surface area (Å²) in [6.45, 7) is 3.31. The Morgan fingerprint density at radius 1 is 1.15 bits per heavy atom. The molecule has 0 saturated carbocycles. The van der Waals surface area contributed by atoms with E-state index >= 15 is 0 Å². The van der Waals surface area contributed by atoms with Crippen LogP contribution in [0.2, 0.25) is 0 Å². The van der Waals surface area contributed by atoms with Crippen LogP contribution in [0, 0.1) is 5.92 Å². The zero-order valence-electron chi connectivity index (χ0n) is 15.2. The Balaban J connectivity index is 1.30. The van der Waals surface area contributed by atoms with Crippen LogP contribution < -0.4 is 5.32 Å². The van der Waals surface area contributed by atoms with E-state index in [1.54, 1.807) is 11.3 Å². The zero-order chi connectivity index (χ0) is 17.8. The van der Waals surface area contributed by atoms with Crippen LogP contribution in [0.15, 0.2) is 35.7 Å². The standard InChI is InChI=1S/C21H27N3OS/c25-20(13-18-15-26-21(23-18)16-7-2-1-3-8-16)22-14-17-9-6-12-24-11-5-4-10-19(17)24/h1-3,7-8,15,17,19H,4-6,9-14H2,(H,22,25)/t17-,19+/m0/s1. The highest BCUT2D eigenvalue weighted by Crippen LogP contribution is 2.30. The number of aromatic nitrogens is 1. The van der Waals surface area contributed by atoms with Crippen LogP contribution in [0.25, 0.3) is 10.6 Å². The van der Waals surface area contributed by atoms with E-state index in [0.717, 1.165) is 22.8 Å². The molecule has 2 atom stereocenters. The van der Waals surface area contributed by atoms with Crippen LogP contribution in [0.4, 0.5) is 0 Å². The number of rotatable bonds is 5. The molecule has 2 saturated heterocycles. The van der Waals surface area contributed by atoms with Crippen LogP contribution in [0.1, 0.15) is 37.8 Å². The quantitative estimate of drug-likeness (QED) is 0.873. The van der Waals surface area contributed by atoms with Gasteiger partial charge in [0.05, 0.1) is 12.1 Å². The Morgan fingerprint density at radius 3 is 2.88 bits per heavy atom. The van der Waals surface area contributed by atoms with E-state index in [1.165, 1.54) is 45.2 Å². The molecule has 1 aromatic heterocycles. The Morgan fingerprint density at radius 2 is 2.00 bits per heavy atom. The predicted molar refractivity (Wildman–Crippen MR) is 106 cm³/mol. The van der Waals surface area contributed by atoms with Gasteiger partial charge in [-0.25, -0.2) is 4.98 Å². The van der Waals surface area contributed by atoms with E-state index in [-0.39, 0.29) is 5.91 Å². The SMILES string of the molecule is O=C(Cc1csc(-c2ccccc2)n1)NC[C@@H]1CCCN2CCCC[C@H]12. The molecular weight excluding hydrogens is 342 g/mol. The van der Waals surface area contributed by atoms with Gasteiger partial charge in [0.15, 0.2) is 0 Å². The van der Waals surface area contributed by atoms with Gasteiger partial charge in [0.2, 0.25) is 5.91 Å². The molecule has 0 bridgehead atoms. The molecule has 2 fully saturated rings. The van der Waals surface area contributed by atoms with Gasteiger partial charge in [-0.05, 0) is 44.7 Å². The van der Waals surface area contributed by atoms with Crippen LogP contribution in [-0.4, -0.2) is 41.5 Å². The first-order chi connectivity index (χ1) is 12.8. The van der Waals surface area contributed by atoms with Crippen molar-refractivity contribution in [2.75, 3.05) is 19.6 Å². The number of fused-ring (bicyclic) bond motifs is 1. The lowest BCUT2D eigenvalue weighted by Crippen LogP contribution is -2.51. The smallest absolute Gasteiger partial charge is 0.226 e. The van der Waals surface area contributed by atoms with Gasteiger partial charge in [0.25, 0.3) is 0 Å². The maximum atomic E-state index is 12.4. The van der Waals surface area contributed by atoms with Crippen molar-refractivity contribution >= 4 is 17.2 Å². The third-order valence-electron chi connectivity index (χ3n) is 5.70. The van der Waals surface area contributed by atoms with Gasteiger partial charge >= 0.3 is 0 Å². The number of carbonyl (C=O) groups excluding carboxylic acids is 1. The Kier molecular flexibility index (Phi) is 5.65. The van der Waals surface area contributed by atoms with Gasteiger partial charge in [-0.1, -0.05) is 36.8 Å². The summed E-state index contributed by atoms with van der Waals surface area (Å²) in [5.41, 5.74) is 1.98. The normalized spacial score (nSPS) is 23.4. The van der Waals surface area contributed by atoms with Crippen molar-refractivity contribution < 1.29 is 4.79 Å². The van der Waals surface area contributed by atoms with Crippen LogP contribution >= 0.6 is 11.3 Å². The second kappa shape index (κ2) is 8.31. The van der Waals surface area contributed by atoms with Crippen LogP contribution in [-0.2, 0) is 11.2 Å². The summed E-state index contributed by atoms with van der Waals surface area (Å²) >= 11 is 1.61. The zero-order valence-corrected chi connectivity index (χ0v) is 16.0. The topological polar surface area (TPSA) is 45.2 Å². The molecule has 0 radical (unpaired) electrons.